The van der Waals surface area contributed by atoms with Gasteiger partial charge in [0.15, 0.2) is 0 Å². The van der Waals surface area contributed by atoms with Crippen LogP contribution in [0.15, 0.2) is 24.3 Å². The summed E-state index contributed by atoms with van der Waals surface area (Å²) in [4.78, 5) is 64.3. The molecule has 0 bridgehead atoms. The highest BCUT2D eigenvalue weighted by Gasteiger charge is 2.43. The van der Waals surface area contributed by atoms with Crippen LogP contribution in [0.2, 0.25) is 0 Å². The summed E-state index contributed by atoms with van der Waals surface area (Å²) in [5.41, 5.74) is 4.59. The van der Waals surface area contributed by atoms with Crippen molar-refractivity contribution in [3.05, 3.63) is 29.8 Å². The average molecular weight is 507 g/mol. The Labute approximate surface area is 209 Å². The van der Waals surface area contributed by atoms with E-state index in [1.807, 2.05) is 0 Å². The zero-order valence-corrected chi connectivity index (χ0v) is 20.9. The minimum atomic E-state index is -1.43. The molecule has 12 heteroatoms. The summed E-state index contributed by atoms with van der Waals surface area (Å²) in [5, 5.41) is 15.4. The first kappa shape index (κ1) is 28.4. The number of methoxy groups -OCH3 is 1. The second kappa shape index (κ2) is 12.2. The topological polar surface area (TPSA) is 177 Å². The number of aromatic hydroxyl groups is 1. The summed E-state index contributed by atoms with van der Waals surface area (Å²) in [6.07, 6.45) is 0.403. The average Bonchev–Trinajstić information content (AvgIpc) is 2.74. The summed E-state index contributed by atoms with van der Waals surface area (Å²) in [6, 6.07) is 2.74. The van der Waals surface area contributed by atoms with Gasteiger partial charge in [0.2, 0.25) is 17.7 Å². The van der Waals surface area contributed by atoms with Crippen LogP contribution in [-0.4, -0.2) is 71.1 Å². The maximum Gasteiger partial charge on any atom is 0.408 e. The Morgan fingerprint density at radius 1 is 1.17 bits per heavy atom. The molecule has 36 heavy (non-hydrogen) atoms. The third kappa shape index (κ3) is 7.85. The summed E-state index contributed by atoms with van der Waals surface area (Å²) in [5.74, 6) is -3.33. The number of carbonyl (C=O) groups excluding carboxylic acids is 5. The van der Waals surface area contributed by atoms with Crippen LogP contribution in [0.5, 0.6) is 5.75 Å². The van der Waals surface area contributed by atoms with Gasteiger partial charge < -0.3 is 35.8 Å². The lowest BCUT2D eigenvalue weighted by Crippen LogP contribution is -2.58. The van der Waals surface area contributed by atoms with Crippen molar-refractivity contribution in [2.24, 2.45) is 5.73 Å². The standard InChI is InChI=1S/C24H34N4O8/c1-24(2,3)36-23(34)27-16(12-18(25)30)22(33)28(14-8-7-9-14)20(15-10-5-6-11-17(15)29)21(32)26-13-19(31)35-4/h5-6,10-11,14,16,20,29H,7-9,12-13H2,1-4H3,(H2,25,30)(H,26,32)(H,27,34). The minimum absolute atomic E-state index is 0.107. The predicted molar refractivity (Wildman–Crippen MR) is 127 cm³/mol. The molecule has 1 fully saturated rings. The lowest BCUT2D eigenvalue weighted by Gasteiger charge is -2.43. The quantitative estimate of drug-likeness (QED) is 0.338. The molecule has 2 unspecified atom stereocenters. The van der Waals surface area contributed by atoms with Gasteiger partial charge >= 0.3 is 12.1 Å². The van der Waals surface area contributed by atoms with Gasteiger partial charge in [0, 0.05) is 11.6 Å². The Bertz CT molecular complexity index is 987. The van der Waals surface area contributed by atoms with Crippen molar-refractivity contribution in [3.63, 3.8) is 0 Å². The van der Waals surface area contributed by atoms with E-state index in [4.69, 9.17) is 10.5 Å². The first-order valence-electron chi connectivity index (χ1n) is 11.6. The molecule has 1 aliphatic rings. The van der Waals surface area contributed by atoms with Gasteiger partial charge in [-0.3, -0.25) is 19.2 Å². The molecule has 2 rings (SSSR count). The van der Waals surface area contributed by atoms with Gasteiger partial charge in [0.05, 0.1) is 13.5 Å². The zero-order valence-electron chi connectivity index (χ0n) is 20.9. The molecule has 0 aliphatic heterocycles. The highest BCUT2D eigenvalue weighted by Crippen LogP contribution is 2.36. The van der Waals surface area contributed by atoms with Crippen LogP contribution in [0.3, 0.4) is 0 Å². The van der Waals surface area contributed by atoms with Crippen molar-refractivity contribution in [3.8, 4) is 5.75 Å². The predicted octanol–water partition coefficient (Wildman–Crippen LogP) is 0.872. The smallest absolute Gasteiger partial charge is 0.408 e. The molecule has 0 saturated heterocycles. The van der Waals surface area contributed by atoms with Crippen molar-refractivity contribution in [2.45, 2.75) is 70.2 Å². The maximum absolute atomic E-state index is 13.8. The van der Waals surface area contributed by atoms with E-state index in [9.17, 15) is 29.1 Å². The van der Waals surface area contributed by atoms with Crippen molar-refractivity contribution < 1.29 is 38.6 Å². The third-order valence-corrected chi connectivity index (χ3v) is 5.51. The molecule has 12 nitrogen and oxygen atoms in total. The number of carbonyl (C=O) groups is 5. The van der Waals surface area contributed by atoms with Gasteiger partial charge in [-0.15, -0.1) is 0 Å². The van der Waals surface area contributed by atoms with Gasteiger partial charge in [-0.1, -0.05) is 18.2 Å². The fourth-order valence-electron chi connectivity index (χ4n) is 3.68. The molecule has 0 heterocycles. The summed E-state index contributed by atoms with van der Waals surface area (Å²) < 4.78 is 9.79. The Hall–Kier alpha value is -3.83. The zero-order chi connectivity index (χ0) is 27.0. The number of nitrogens with two attached hydrogens (primary N) is 1. The van der Waals surface area contributed by atoms with E-state index >= 15 is 0 Å². The third-order valence-electron chi connectivity index (χ3n) is 5.51. The minimum Gasteiger partial charge on any atom is -0.508 e. The number of alkyl carbamates (subject to hydrolysis) is 1. The van der Waals surface area contributed by atoms with Gasteiger partial charge in [-0.2, -0.15) is 0 Å². The van der Waals surface area contributed by atoms with Crippen LogP contribution >= 0.6 is 0 Å². The number of phenolic OH excluding ortho intramolecular Hbond substituents is 1. The molecular weight excluding hydrogens is 472 g/mol. The summed E-state index contributed by atoms with van der Waals surface area (Å²) in [7, 11) is 1.16. The molecule has 0 aromatic heterocycles. The van der Waals surface area contributed by atoms with Crippen LogP contribution in [0.1, 0.15) is 58.1 Å². The number of ether oxygens (including phenoxy) is 2. The van der Waals surface area contributed by atoms with Gasteiger partial charge in [-0.05, 0) is 46.1 Å². The molecule has 0 radical (unpaired) electrons. The normalized spacial score (nSPS) is 15.0. The van der Waals surface area contributed by atoms with Gasteiger partial charge in [0.1, 0.15) is 30.0 Å². The van der Waals surface area contributed by atoms with E-state index in [2.05, 4.69) is 15.4 Å². The number of hydrogen-bond donors (Lipinski definition) is 4. The summed E-state index contributed by atoms with van der Waals surface area (Å²) >= 11 is 0. The Balaban J connectivity index is 2.49. The lowest BCUT2D eigenvalue weighted by molar-refractivity contribution is -0.149. The second-order valence-electron chi connectivity index (χ2n) is 9.45. The molecule has 2 atom stereocenters. The second-order valence-corrected chi connectivity index (χ2v) is 9.45. The number of benzene rings is 1. The largest absolute Gasteiger partial charge is 0.508 e. The number of hydrogen-bond acceptors (Lipinski definition) is 8. The molecule has 1 saturated carbocycles. The van der Waals surface area contributed by atoms with Gasteiger partial charge in [0.25, 0.3) is 0 Å². The van der Waals surface area contributed by atoms with E-state index in [0.717, 1.165) is 13.5 Å². The molecule has 1 aromatic rings. The van der Waals surface area contributed by atoms with Crippen LogP contribution < -0.4 is 16.4 Å². The SMILES string of the molecule is COC(=O)CNC(=O)C(c1ccccc1O)N(C(=O)C(CC(N)=O)NC(=O)OC(C)(C)C)C1CCC1. The van der Waals surface area contributed by atoms with E-state index in [1.165, 1.54) is 17.0 Å². The van der Waals surface area contributed by atoms with E-state index in [0.29, 0.717) is 12.8 Å². The molecule has 198 valence electrons. The monoisotopic (exact) mass is 506 g/mol. The molecule has 1 aromatic carbocycles. The molecular formula is C24H34N4O8. The maximum atomic E-state index is 13.8. The fourth-order valence-corrected chi connectivity index (χ4v) is 3.68. The number of amides is 4. The van der Waals surface area contributed by atoms with Crippen molar-refractivity contribution >= 4 is 29.8 Å². The first-order chi connectivity index (χ1) is 16.8. The van der Waals surface area contributed by atoms with Gasteiger partial charge in [-0.25, -0.2) is 4.79 Å². The summed E-state index contributed by atoms with van der Waals surface area (Å²) in [6.45, 7) is 4.45. The highest BCUT2D eigenvalue weighted by atomic mass is 16.6. The fraction of sp³-hybridized carbons (Fsp3) is 0.542. The van der Waals surface area contributed by atoms with Crippen LogP contribution in [-0.2, 0) is 28.7 Å². The number of esters is 1. The van der Waals surface area contributed by atoms with E-state index < -0.39 is 66.5 Å². The molecule has 0 spiro atoms. The number of primary amides is 1. The Morgan fingerprint density at radius 2 is 1.81 bits per heavy atom. The Kier molecular flexibility index (Phi) is 9.65. The van der Waals surface area contributed by atoms with Crippen molar-refractivity contribution in [2.75, 3.05) is 13.7 Å². The van der Waals surface area contributed by atoms with Crippen molar-refractivity contribution in [1.29, 1.82) is 0 Å². The van der Waals surface area contributed by atoms with E-state index in [-0.39, 0.29) is 11.3 Å². The number of nitrogens with one attached hydrogen (secondary N) is 2. The Morgan fingerprint density at radius 3 is 2.31 bits per heavy atom. The van der Waals surface area contributed by atoms with Crippen LogP contribution in [0, 0.1) is 0 Å². The van der Waals surface area contributed by atoms with Crippen LogP contribution in [0.4, 0.5) is 4.79 Å². The molecule has 4 amide bonds. The number of phenols is 1. The first-order valence-corrected chi connectivity index (χ1v) is 11.6. The number of para-hydroxylation sites is 1. The van der Waals surface area contributed by atoms with E-state index in [1.54, 1.807) is 32.9 Å². The molecule has 1 aliphatic carbocycles. The number of nitrogens with zero attached hydrogens (tertiary/aromatic N) is 1. The van der Waals surface area contributed by atoms with Crippen molar-refractivity contribution in [1.82, 2.24) is 15.5 Å². The van der Waals surface area contributed by atoms with Crippen LogP contribution in [0.25, 0.3) is 0 Å². The lowest BCUT2D eigenvalue weighted by atomic mass is 9.87. The molecule has 5 N–H and O–H groups in total. The highest BCUT2D eigenvalue weighted by molar-refractivity contribution is 5.95. The number of rotatable bonds is 10.